The standard InChI is InChI=1S/C24H26N4O4.BBr3/c29-12-9-28-16-18-15-27(8-7-19-6-5-17-3-1-2-4-20(17)25-19)23(30)21(18)22(24(28)31)26-10-13-32-14-11-26;2-1(3)4/h1-6,16,29H,7-15H2;. The van der Waals surface area contributed by atoms with E-state index < -0.39 is 0 Å². The zero-order chi connectivity index (χ0) is 25.7. The van der Waals surface area contributed by atoms with E-state index in [1.54, 1.807) is 11.1 Å². The molecule has 1 saturated heterocycles. The molecule has 1 N–H and O–H groups in total. The molecule has 2 aliphatic rings. The number of rotatable bonds is 6. The molecule has 0 unspecified atom stereocenters. The fourth-order valence-corrected chi connectivity index (χ4v) is 4.53. The van der Waals surface area contributed by atoms with Crippen molar-refractivity contribution >= 4 is 73.0 Å². The van der Waals surface area contributed by atoms with Crippen LogP contribution in [0.15, 0.2) is 47.4 Å². The third kappa shape index (κ3) is 6.39. The average molecular weight is 685 g/mol. The molecule has 2 aromatic heterocycles. The Labute approximate surface area is 234 Å². The quantitative estimate of drug-likeness (QED) is 0.400. The van der Waals surface area contributed by atoms with Gasteiger partial charge in [-0.1, -0.05) is 24.3 Å². The highest BCUT2D eigenvalue weighted by atomic mass is 79.9. The Morgan fingerprint density at radius 3 is 2.47 bits per heavy atom. The van der Waals surface area contributed by atoms with Gasteiger partial charge in [-0.25, -0.2) is 0 Å². The molecule has 8 nitrogen and oxygen atoms in total. The highest BCUT2D eigenvalue weighted by Crippen LogP contribution is 2.30. The first-order valence-electron chi connectivity index (χ1n) is 11.6. The lowest BCUT2D eigenvalue weighted by atomic mass is 10.1. The topological polar surface area (TPSA) is 87.9 Å². The Morgan fingerprint density at radius 1 is 1.03 bits per heavy atom. The molecule has 36 heavy (non-hydrogen) atoms. The summed E-state index contributed by atoms with van der Waals surface area (Å²) in [6.45, 7) is 3.23. The molecule has 0 saturated carbocycles. The van der Waals surface area contributed by atoms with Crippen molar-refractivity contribution in [1.82, 2.24) is 14.5 Å². The van der Waals surface area contributed by atoms with Gasteiger partial charge in [0.1, 0.15) is 5.69 Å². The third-order valence-electron chi connectivity index (χ3n) is 6.16. The highest BCUT2D eigenvalue weighted by Gasteiger charge is 2.34. The number of nitrogens with zero attached hydrogens (tertiary/aromatic N) is 4. The number of aliphatic hydroxyl groups excluding tert-OH is 1. The third-order valence-corrected chi connectivity index (χ3v) is 6.16. The van der Waals surface area contributed by atoms with Crippen molar-refractivity contribution in [3.8, 4) is 0 Å². The molecule has 1 aromatic carbocycles. The van der Waals surface area contributed by atoms with E-state index in [0.29, 0.717) is 57.1 Å². The number of hydrogen-bond donors (Lipinski definition) is 1. The Kier molecular flexibility index (Phi) is 9.62. The van der Waals surface area contributed by atoms with Crippen LogP contribution in [0.2, 0.25) is 0 Å². The number of carbonyl (C=O) groups is 1. The first-order valence-corrected chi connectivity index (χ1v) is 14.4. The van der Waals surface area contributed by atoms with Gasteiger partial charge in [0.15, 0.2) is 0 Å². The van der Waals surface area contributed by atoms with Crippen molar-refractivity contribution in [1.29, 1.82) is 0 Å². The van der Waals surface area contributed by atoms with Crippen LogP contribution in [-0.4, -0.2) is 68.1 Å². The molecule has 190 valence electrons. The number of morpholine rings is 1. The number of para-hydroxylation sites is 1. The average Bonchev–Trinajstić information content (AvgIpc) is 3.18. The monoisotopic (exact) mass is 682 g/mol. The van der Waals surface area contributed by atoms with Gasteiger partial charge >= 0.3 is 3.18 Å². The van der Waals surface area contributed by atoms with E-state index in [0.717, 1.165) is 22.2 Å². The second-order valence-corrected chi connectivity index (χ2v) is 14.9. The largest absolute Gasteiger partial charge is 0.395 e. The summed E-state index contributed by atoms with van der Waals surface area (Å²) in [5.74, 6) is -0.115. The lowest BCUT2D eigenvalue weighted by molar-refractivity contribution is 0.0779. The molecule has 4 heterocycles. The minimum atomic E-state index is -0.230. The van der Waals surface area contributed by atoms with E-state index >= 15 is 0 Å². The summed E-state index contributed by atoms with van der Waals surface area (Å²) in [7, 11) is 0. The van der Waals surface area contributed by atoms with E-state index in [9.17, 15) is 14.7 Å². The van der Waals surface area contributed by atoms with Crippen LogP contribution < -0.4 is 10.5 Å². The summed E-state index contributed by atoms with van der Waals surface area (Å²) in [6, 6.07) is 12.0. The van der Waals surface area contributed by atoms with Gasteiger partial charge in [0.05, 0.1) is 30.9 Å². The van der Waals surface area contributed by atoms with Crippen LogP contribution in [-0.2, 0) is 24.2 Å². The fraction of sp³-hybridized carbons (Fsp3) is 0.375. The molecule has 0 bridgehead atoms. The van der Waals surface area contributed by atoms with Crippen LogP contribution in [0, 0.1) is 0 Å². The maximum Gasteiger partial charge on any atom is 0.369 e. The molecular weight excluding hydrogens is 659 g/mol. The number of carbonyl (C=O) groups excluding carboxylic acids is 1. The number of halogens is 3. The van der Waals surface area contributed by atoms with Gasteiger partial charge < -0.3 is 24.2 Å². The van der Waals surface area contributed by atoms with Crippen molar-refractivity contribution in [3.05, 3.63) is 69.8 Å². The van der Waals surface area contributed by atoms with Gasteiger partial charge in [-0.05, 0) is 12.1 Å². The molecule has 0 aliphatic carbocycles. The van der Waals surface area contributed by atoms with E-state index in [-0.39, 0.29) is 27.8 Å². The maximum absolute atomic E-state index is 13.4. The van der Waals surface area contributed by atoms with Gasteiger partial charge in [-0.15, -0.1) is 47.3 Å². The minimum Gasteiger partial charge on any atom is -0.395 e. The lowest BCUT2D eigenvalue weighted by Gasteiger charge is -2.30. The zero-order valence-corrected chi connectivity index (χ0v) is 24.3. The molecule has 2 aliphatic heterocycles. The number of aliphatic hydroxyl groups is 1. The van der Waals surface area contributed by atoms with Crippen LogP contribution in [0.4, 0.5) is 5.69 Å². The molecule has 3 aromatic rings. The summed E-state index contributed by atoms with van der Waals surface area (Å²) >= 11 is 9.31. The molecule has 0 atom stereocenters. The molecule has 0 spiro atoms. The molecule has 12 heteroatoms. The van der Waals surface area contributed by atoms with Crippen molar-refractivity contribution < 1.29 is 14.6 Å². The van der Waals surface area contributed by atoms with Crippen molar-refractivity contribution in [2.75, 3.05) is 44.4 Å². The van der Waals surface area contributed by atoms with Gasteiger partial charge in [0.2, 0.25) is 0 Å². The van der Waals surface area contributed by atoms with E-state index in [1.165, 1.54) is 4.57 Å². The van der Waals surface area contributed by atoms with Crippen molar-refractivity contribution in [2.45, 2.75) is 19.5 Å². The normalized spacial score (nSPS) is 15.1. The smallest absolute Gasteiger partial charge is 0.369 e. The van der Waals surface area contributed by atoms with Gasteiger partial charge in [-0.3, -0.25) is 14.6 Å². The van der Waals surface area contributed by atoms with Crippen LogP contribution in [0.5, 0.6) is 0 Å². The lowest BCUT2D eigenvalue weighted by Crippen LogP contribution is -2.42. The first-order chi connectivity index (χ1) is 17.4. The molecule has 0 radical (unpaired) electrons. The Hall–Kier alpha value is -1.73. The van der Waals surface area contributed by atoms with Gasteiger partial charge in [0, 0.05) is 62.0 Å². The van der Waals surface area contributed by atoms with E-state index in [1.807, 2.05) is 35.2 Å². The Morgan fingerprint density at radius 2 is 1.75 bits per heavy atom. The Bertz CT molecular complexity index is 1280. The second-order valence-electron chi connectivity index (χ2n) is 8.42. The predicted molar refractivity (Wildman–Crippen MR) is 154 cm³/mol. The van der Waals surface area contributed by atoms with Gasteiger partial charge in [0.25, 0.3) is 11.5 Å². The predicted octanol–water partition coefficient (Wildman–Crippen LogP) is 3.58. The summed E-state index contributed by atoms with van der Waals surface area (Å²) in [5, 5.41) is 10.5. The molecular formula is C24H26BBr3N4O4. The highest BCUT2D eigenvalue weighted by molar-refractivity contribution is 9.69. The summed E-state index contributed by atoms with van der Waals surface area (Å²) in [6.07, 6.45) is 2.36. The second kappa shape index (κ2) is 12.7. The number of amides is 1. The number of fused-ring (bicyclic) bond motifs is 2. The molecule has 1 amide bonds. The number of aromatic nitrogens is 2. The Balaban J connectivity index is 0.000000709. The fourth-order valence-electron chi connectivity index (χ4n) is 4.53. The van der Waals surface area contributed by atoms with Crippen molar-refractivity contribution in [2.24, 2.45) is 0 Å². The number of pyridine rings is 2. The minimum absolute atomic E-state index is 0.115. The van der Waals surface area contributed by atoms with Crippen LogP contribution in [0.3, 0.4) is 0 Å². The van der Waals surface area contributed by atoms with Gasteiger partial charge in [-0.2, -0.15) is 0 Å². The summed E-state index contributed by atoms with van der Waals surface area (Å²) < 4.78 is 7.22. The van der Waals surface area contributed by atoms with Crippen molar-refractivity contribution in [3.63, 3.8) is 0 Å². The number of anilines is 1. The van der Waals surface area contributed by atoms with Crippen LogP contribution in [0.25, 0.3) is 10.9 Å². The zero-order valence-electron chi connectivity index (χ0n) is 19.6. The SMILES string of the molecule is BrB(Br)Br.O=C1c2c(cn(CCO)c(=O)c2N2CCOCC2)CN1CCc1ccc2ccccc2n1. The number of benzene rings is 1. The molecule has 5 rings (SSSR count). The van der Waals surface area contributed by atoms with E-state index in [2.05, 4.69) is 53.3 Å². The summed E-state index contributed by atoms with van der Waals surface area (Å²) in [5.41, 5.74) is 3.41. The van der Waals surface area contributed by atoms with Crippen LogP contribution in [0.1, 0.15) is 21.6 Å². The molecule has 1 fully saturated rings. The first kappa shape index (κ1) is 27.3. The van der Waals surface area contributed by atoms with Crippen LogP contribution >= 0.6 is 47.3 Å². The summed E-state index contributed by atoms with van der Waals surface area (Å²) in [4.78, 5) is 35.0. The van der Waals surface area contributed by atoms with E-state index in [4.69, 9.17) is 9.72 Å². The maximum atomic E-state index is 13.4. The number of hydrogen-bond acceptors (Lipinski definition) is 6. The number of ether oxygens (including phenoxy) is 1.